The number of carbonyl (C=O) groups is 2. The fourth-order valence-corrected chi connectivity index (χ4v) is 2.85. The zero-order valence-corrected chi connectivity index (χ0v) is 15.8. The van der Waals surface area contributed by atoms with Crippen LogP contribution in [-0.4, -0.2) is 25.2 Å². The quantitative estimate of drug-likeness (QED) is 0.518. The van der Waals surface area contributed by atoms with Crippen molar-refractivity contribution in [1.82, 2.24) is 10.6 Å². The Balaban J connectivity index is 2.30. The lowest BCUT2D eigenvalue weighted by Crippen LogP contribution is -2.45. The van der Waals surface area contributed by atoms with Gasteiger partial charge in [-0.2, -0.15) is 0 Å². The highest BCUT2D eigenvalue weighted by molar-refractivity contribution is 5.95. The summed E-state index contributed by atoms with van der Waals surface area (Å²) in [7, 11) is 0. The lowest BCUT2D eigenvalue weighted by atomic mass is 9.95. The van der Waals surface area contributed by atoms with Gasteiger partial charge >= 0.3 is 12.0 Å². The molecule has 1 aromatic rings. The van der Waals surface area contributed by atoms with Gasteiger partial charge in [0.2, 0.25) is 0 Å². The second-order valence-corrected chi connectivity index (χ2v) is 6.30. The van der Waals surface area contributed by atoms with Gasteiger partial charge in [0.1, 0.15) is 5.75 Å². The van der Waals surface area contributed by atoms with Gasteiger partial charge in [-0.25, -0.2) is 9.59 Å². The van der Waals surface area contributed by atoms with Gasteiger partial charge in [-0.3, -0.25) is 0 Å². The first-order valence-electron chi connectivity index (χ1n) is 9.25. The first-order chi connectivity index (χ1) is 12.6. The number of nitrogens with one attached hydrogen (secondary N) is 2. The van der Waals surface area contributed by atoms with Crippen molar-refractivity contribution in [3.05, 3.63) is 41.1 Å². The average molecular weight is 360 g/mol. The highest BCUT2D eigenvalue weighted by atomic mass is 16.5. The molecule has 1 heterocycles. The van der Waals surface area contributed by atoms with Crippen LogP contribution in [0.4, 0.5) is 4.79 Å². The third-order valence-corrected chi connectivity index (χ3v) is 4.16. The fourth-order valence-electron chi connectivity index (χ4n) is 2.85. The molecule has 0 spiro atoms. The molecular weight excluding hydrogens is 332 g/mol. The molecule has 1 aliphatic heterocycles. The number of rotatable bonds is 9. The number of allylic oxidation sites excluding steroid dienone is 1. The number of urea groups is 1. The Labute approximate surface area is 154 Å². The largest absolute Gasteiger partial charge is 0.493 e. The van der Waals surface area contributed by atoms with Gasteiger partial charge in [0.15, 0.2) is 0 Å². The van der Waals surface area contributed by atoms with Crippen molar-refractivity contribution >= 4 is 12.0 Å². The van der Waals surface area contributed by atoms with Crippen LogP contribution in [0.15, 0.2) is 35.5 Å². The molecule has 6 nitrogen and oxygen atoms in total. The second kappa shape index (κ2) is 9.85. The summed E-state index contributed by atoms with van der Waals surface area (Å²) in [6.45, 7) is 6.72. The van der Waals surface area contributed by atoms with Gasteiger partial charge in [-0.15, -0.1) is 0 Å². The molecule has 26 heavy (non-hydrogen) atoms. The van der Waals surface area contributed by atoms with E-state index in [-0.39, 0.29) is 6.03 Å². The third kappa shape index (κ3) is 5.00. The zero-order valence-electron chi connectivity index (χ0n) is 15.8. The Bertz CT molecular complexity index is 670. The Morgan fingerprint density at radius 2 is 1.88 bits per heavy atom. The number of para-hydroxylation sites is 1. The van der Waals surface area contributed by atoms with Crippen molar-refractivity contribution in [1.29, 1.82) is 0 Å². The summed E-state index contributed by atoms with van der Waals surface area (Å²) < 4.78 is 11.2. The molecule has 2 amide bonds. The van der Waals surface area contributed by atoms with Gasteiger partial charge < -0.3 is 20.1 Å². The van der Waals surface area contributed by atoms with Crippen LogP contribution >= 0.6 is 0 Å². The molecule has 142 valence electrons. The van der Waals surface area contributed by atoms with Crippen molar-refractivity contribution in [2.45, 2.75) is 52.5 Å². The summed E-state index contributed by atoms with van der Waals surface area (Å²) in [5, 5.41) is 5.48. The maximum Gasteiger partial charge on any atom is 0.338 e. The van der Waals surface area contributed by atoms with E-state index in [4.69, 9.17) is 9.47 Å². The van der Waals surface area contributed by atoms with Crippen LogP contribution in [-0.2, 0) is 9.53 Å². The first kappa shape index (κ1) is 19.8. The molecule has 0 bridgehead atoms. The Morgan fingerprint density at radius 1 is 1.12 bits per heavy atom. The summed E-state index contributed by atoms with van der Waals surface area (Å²) >= 11 is 0. The Morgan fingerprint density at radius 3 is 2.62 bits per heavy atom. The van der Waals surface area contributed by atoms with E-state index >= 15 is 0 Å². The van der Waals surface area contributed by atoms with Crippen molar-refractivity contribution in [2.75, 3.05) is 13.2 Å². The van der Waals surface area contributed by atoms with E-state index in [1.54, 1.807) is 6.92 Å². The molecule has 0 fully saturated rings. The molecule has 1 aromatic carbocycles. The summed E-state index contributed by atoms with van der Waals surface area (Å²) in [5.74, 6) is 0.243. The molecule has 2 N–H and O–H groups in total. The number of amides is 2. The minimum absolute atomic E-state index is 0.339. The average Bonchev–Trinajstić information content (AvgIpc) is 2.63. The topological polar surface area (TPSA) is 76.7 Å². The lowest BCUT2D eigenvalue weighted by Gasteiger charge is -2.29. The van der Waals surface area contributed by atoms with Crippen LogP contribution in [0.5, 0.6) is 5.75 Å². The number of benzene rings is 1. The molecule has 0 radical (unpaired) electrons. The molecule has 1 aliphatic rings. The maximum absolute atomic E-state index is 12.6. The monoisotopic (exact) mass is 360 g/mol. The molecule has 0 aromatic heterocycles. The molecule has 2 rings (SSSR count). The van der Waals surface area contributed by atoms with Crippen molar-refractivity contribution < 1.29 is 19.1 Å². The predicted molar refractivity (Wildman–Crippen MR) is 99.8 cm³/mol. The minimum atomic E-state index is -0.601. The summed E-state index contributed by atoms with van der Waals surface area (Å²) in [6, 6.07) is 6.53. The van der Waals surface area contributed by atoms with Gasteiger partial charge in [0, 0.05) is 11.3 Å². The zero-order chi connectivity index (χ0) is 18.9. The number of ether oxygens (including phenoxy) is 2. The van der Waals surface area contributed by atoms with E-state index < -0.39 is 12.0 Å². The normalized spacial score (nSPS) is 16.7. The van der Waals surface area contributed by atoms with Crippen LogP contribution in [0.25, 0.3) is 0 Å². The number of carbonyl (C=O) groups excluding carboxylic acids is 2. The molecule has 6 heteroatoms. The number of unbranched alkanes of at least 4 members (excludes halogenated alkanes) is 2. The number of esters is 1. The Hall–Kier alpha value is -2.50. The summed E-state index contributed by atoms with van der Waals surface area (Å²) in [5.41, 5.74) is 1.66. The van der Waals surface area contributed by atoms with Crippen molar-refractivity contribution in [2.24, 2.45) is 0 Å². The van der Waals surface area contributed by atoms with Gasteiger partial charge in [-0.1, -0.05) is 44.9 Å². The second-order valence-electron chi connectivity index (χ2n) is 6.30. The highest BCUT2D eigenvalue weighted by Crippen LogP contribution is 2.33. The van der Waals surface area contributed by atoms with Gasteiger partial charge in [-0.05, 0) is 25.8 Å². The molecular formula is C20H28N2O4. The first-order valence-corrected chi connectivity index (χ1v) is 9.25. The van der Waals surface area contributed by atoms with E-state index in [2.05, 4.69) is 17.6 Å². The standard InChI is InChI=1S/C20H28N2O4/c1-4-6-9-13-25-16-11-8-7-10-15(16)18-17(19(23)26-12-5-2)14(3)21-20(24)22-18/h7-8,10-11,18H,4-6,9,12-13H2,1-3H3,(H2,21,22,24). The molecule has 0 aliphatic carbocycles. The number of hydrogen-bond acceptors (Lipinski definition) is 4. The number of hydrogen-bond donors (Lipinski definition) is 2. The van der Waals surface area contributed by atoms with E-state index in [9.17, 15) is 9.59 Å². The minimum Gasteiger partial charge on any atom is -0.493 e. The van der Waals surface area contributed by atoms with Crippen molar-refractivity contribution in [3.63, 3.8) is 0 Å². The maximum atomic E-state index is 12.6. The van der Waals surface area contributed by atoms with Crippen LogP contribution < -0.4 is 15.4 Å². The predicted octanol–water partition coefficient (Wildman–Crippen LogP) is 3.84. The molecule has 1 unspecified atom stereocenters. The molecule has 0 saturated heterocycles. The smallest absolute Gasteiger partial charge is 0.338 e. The van der Waals surface area contributed by atoms with Crippen LogP contribution in [0.1, 0.15) is 58.1 Å². The van der Waals surface area contributed by atoms with Gasteiger partial charge in [0.05, 0.1) is 24.8 Å². The van der Waals surface area contributed by atoms with Crippen molar-refractivity contribution in [3.8, 4) is 5.75 Å². The van der Waals surface area contributed by atoms with E-state index in [0.717, 1.165) is 31.2 Å². The Kier molecular flexibility index (Phi) is 7.51. The van der Waals surface area contributed by atoms with E-state index in [1.807, 2.05) is 31.2 Å². The fraction of sp³-hybridized carbons (Fsp3) is 0.500. The van der Waals surface area contributed by atoms with E-state index in [0.29, 0.717) is 30.2 Å². The van der Waals surface area contributed by atoms with Gasteiger partial charge in [0.25, 0.3) is 0 Å². The van der Waals surface area contributed by atoms with Crippen LogP contribution in [0.2, 0.25) is 0 Å². The summed E-state index contributed by atoms with van der Waals surface area (Å²) in [6.07, 6.45) is 3.91. The third-order valence-electron chi connectivity index (χ3n) is 4.16. The highest BCUT2D eigenvalue weighted by Gasteiger charge is 2.33. The lowest BCUT2D eigenvalue weighted by molar-refractivity contribution is -0.139. The van der Waals surface area contributed by atoms with E-state index in [1.165, 1.54) is 0 Å². The van der Waals surface area contributed by atoms with Crippen LogP contribution in [0, 0.1) is 0 Å². The SMILES string of the molecule is CCCCCOc1ccccc1C1NC(=O)NC(C)=C1C(=O)OCCC. The molecule has 1 atom stereocenters. The summed E-state index contributed by atoms with van der Waals surface area (Å²) in [4.78, 5) is 24.6. The van der Waals surface area contributed by atoms with Crippen LogP contribution in [0.3, 0.4) is 0 Å². The molecule has 0 saturated carbocycles.